The van der Waals surface area contributed by atoms with Crippen molar-refractivity contribution in [1.29, 1.82) is 0 Å². The van der Waals surface area contributed by atoms with Crippen LogP contribution in [0.25, 0.3) is 0 Å². The van der Waals surface area contributed by atoms with Crippen LogP contribution in [0, 0.1) is 6.92 Å². The first kappa shape index (κ1) is 29.3. The van der Waals surface area contributed by atoms with Gasteiger partial charge in [-0.25, -0.2) is 8.42 Å². The van der Waals surface area contributed by atoms with Gasteiger partial charge in [-0.3, -0.25) is 13.9 Å². The summed E-state index contributed by atoms with van der Waals surface area (Å²) >= 11 is 0. The summed E-state index contributed by atoms with van der Waals surface area (Å²) in [5.41, 5.74) is 1.72. The van der Waals surface area contributed by atoms with Gasteiger partial charge in [-0.1, -0.05) is 36.8 Å². The number of benzene rings is 2. The van der Waals surface area contributed by atoms with Crippen LogP contribution in [0.3, 0.4) is 0 Å². The van der Waals surface area contributed by atoms with Gasteiger partial charge >= 0.3 is 0 Å². The van der Waals surface area contributed by atoms with Crippen LogP contribution in [-0.2, 0) is 26.2 Å². The summed E-state index contributed by atoms with van der Waals surface area (Å²) in [6.07, 6.45) is 0.365. The Balaban J connectivity index is 1.99. The zero-order valence-corrected chi connectivity index (χ0v) is 23.9. The molecular formula is C28H39N3O6S. The Morgan fingerprint density at radius 1 is 1.00 bits per heavy atom. The molecule has 10 heteroatoms. The van der Waals surface area contributed by atoms with Gasteiger partial charge in [-0.05, 0) is 58.7 Å². The number of rotatable bonds is 10. The molecule has 0 saturated heterocycles. The molecule has 1 aliphatic rings. The molecule has 1 aliphatic heterocycles. The van der Waals surface area contributed by atoms with E-state index in [2.05, 4.69) is 5.32 Å². The van der Waals surface area contributed by atoms with Crippen molar-refractivity contribution in [2.75, 3.05) is 29.8 Å². The van der Waals surface area contributed by atoms with Crippen molar-refractivity contribution in [1.82, 2.24) is 10.2 Å². The Morgan fingerprint density at radius 3 is 2.21 bits per heavy atom. The highest BCUT2D eigenvalue weighted by atomic mass is 32.2. The highest BCUT2D eigenvalue weighted by Gasteiger charge is 2.34. The highest BCUT2D eigenvalue weighted by molar-refractivity contribution is 7.92. The number of hydrogen-bond donors (Lipinski definition) is 1. The number of anilines is 1. The van der Waals surface area contributed by atoms with Crippen molar-refractivity contribution < 1.29 is 27.5 Å². The molecule has 9 nitrogen and oxygen atoms in total. The smallest absolute Gasteiger partial charge is 0.244 e. The molecule has 1 N–H and O–H groups in total. The van der Waals surface area contributed by atoms with Crippen molar-refractivity contribution >= 4 is 27.5 Å². The predicted octanol–water partition coefficient (Wildman–Crippen LogP) is 3.64. The van der Waals surface area contributed by atoms with E-state index in [1.807, 2.05) is 58.9 Å². The molecule has 38 heavy (non-hydrogen) atoms. The van der Waals surface area contributed by atoms with Crippen LogP contribution in [0.1, 0.15) is 52.2 Å². The second-order valence-corrected chi connectivity index (χ2v) is 12.6. The van der Waals surface area contributed by atoms with Gasteiger partial charge < -0.3 is 19.7 Å². The molecule has 1 heterocycles. The van der Waals surface area contributed by atoms with E-state index in [1.54, 1.807) is 18.2 Å². The molecule has 0 fully saturated rings. The fourth-order valence-corrected chi connectivity index (χ4v) is 5.22. The lowest BCUT2D eigenvalue weighted by atomic mass is 10.1. The number of fused-ring (bicyclic) bond motifs is 1. The quantitative estimate of drug-likeness (QED) is 0.489. The number of amides is 2. The molecule has 208 valence electrons. The number of nitrogens with one attached hydrogen (secondary N) is 1. The molecule has 0 spiro atoms. The van der Waals surface area contributed by atoms with Crippen molar-refractivity contribution in [2.24, 2.45) is 0 Å². The van der Waals surface area contributed by atoms with Gasteiger partial charge in [0.05, 0.1) is 11.4 Å². The average molecular weight is 546 g/mol. The van der Waals surface area contributed by atoms with Crippen LogP contribution >= 0.6 is 0 Å². The van der Waals surface area contributed by atoms with Gasteiger partial charge in [-0.15, -0.1) is 0 Å². The number of carbonyl (C=O) groups excluding carboxylic acids is 2. The van der Waals surface area contributed by atoms with Crippen LogP contribution in [0.15, 0.2) is 42.5 Å². The Bertz CT molecular complexity index is 1240. The van der Waals surface area contributed by atoms with Gasteiger partial charge in [0.2, 0.25) is 21.8 Å². The Hall–Kier alpha value is -3.27. The standard InChI is InChI=1S/C28H39N3O6S/c1-7-23(27(33)29-28(4,5)6)30(18-21-11-9-20(3)10-12-21)26(32)19-31(38(34,35)8-2)22-13-14-24-25(17-22)37-16-15-36-24/h9-14,17,23H,7-8,15-16,18-19H2,1-6H3,(H,29,33)/t23-/m1/s1. The summed E-state index contributed by atoms with van der Waals surface area (Å²) < 4.78 is 38.7. The minimum Gasteiger partial charge on any atom is -0.486 e. The summed E-state index contributed by atoms with van der Waals surface area (Å²) in [7, 11) is -3.84. The van der Waals surface area contributed by atoms with E-state index in [0.717, 1.165) is 15.4 Å². The lowest BCUT2D eigenvalue weighted by Gasteiger charge is -2.35. The van der Waals surface area contributed by atoms with Crippen LogP contribution in [0.2, 0.25) is 0 Å². The number of carbonyl (C=O) groups is 2. The third-order valence-corrected chi connectivity index (χ3v) is 7.89. The molecule has 3 rings (SSSR count). The van der Waals surface area contributed by atoms with Gasteiger partial charge in [0, 0.05) is 18.2 Å². The maximum absolute atomic E-state index is 13.9. The normalized spacial score (nSPS) is 13.9. The summed E-state index contributed by atoms with van der Waals surface area (Å²) in [5.74, 6) is -0.0249. The van der Waals surface area contributed by atoms with E-state index in [9.17, 15) is 18.0 Å². The first-order valence-corrected chi connectivity index (χ1v) is 14.5. The van der Waals surface area contributed by atoms with Crippen LogP contribution in [0.4, 0.5) is 5.69 Å². The molecule has 0 bridgehead atoms. The van der Waals surface area contributed by atoms with Gasteiger partial charge in [0.1, 0.15) is 25.8 Å². The molecule has 0 aromatic heterocycles. The lowest BCUT2D eigenvalue weighted by molar-refractivity contribution is -0.141. The van der Waals surface area contributed by atoms with Crippen LogP contribution in [-0.4, -0.2) is 62.2 Å². The fraction of sp³-hybridized carbons (Fsp3) is 0.500. The molecule has 0 aliphatic carbocycles. The number of sulfonamides is 1. The summed E-state index contributed by atoms with van der Waals surface area (Å²) in [6.45, 7) is 11.4. The molecule has 0 saturated carbocycles. The second kappa shape index (κ2) is 12.1. The topological polar surface area (TPSA) is 105 Å². The summed E-state index contributed by atoms with van der Waals surface area (Å²) in [6, 6.07) is 11.7. The first-order valence-electron chi connectivity index (χ1n) is 12.9. The fourth-order valence-electron chi connectivity index (χ4n) is 4.17. The van der Waals surface area contributed by atoms with Crippen molar-refractivity contribution in [3.63, 3.8) is 0 Å². The molecular weight excluding hydrogens is 506 g/mol. The van der Waals surface area contributed by atoms with Gasteiger partial charge in [-0.2, -0.15) is 0 Å². The Kier molecular flexibility index (Phi) is 9.30. The van der Waals surface area contributed by atoms with Crippen LogP contribution in [0.5, 0.6) is 11.5 Å². The zero-order valence-electron chi connectivity index (χ0n) is 23.1. The van der Waals surface area contributed by atoms with E-state index in [1.165, 1.54) is 11.8 Å². The first-order chi connectivity index (χ1) is 17.8. The number of hydrogen-bond acceptors (Lipinski definition) is 6. The number of nitrogens with zero attached hydrogens (tertiary/aromatic N) is 2. The Morgan fingerprint density at radius 2 is 1.63 bits per heavy atom. The number of aryl methyl sites for hydroxylation is 1. The Labute approximate surface area is 226 Å². The average Bonchev–Trinajstić information content (AvgIpc) is 2.86. The summed E-state index contributed by atoms with van der Waals surface area (Å²) in [5, 5.41) is 2.97. The third kappa shape index (κ3) is 7.40. The van der Waals surface area contributed by atoms with E-state index < -0.39 is 34.1 Å². The SMILES string of the molecule is CC[C@H](C(=O)NC(C)(C)C)N(Cc1ccc(C)cc1)C(=O)CN(c1ccc2c(c1)OCCO2)S(=O)(=O)CC. The van der Waals surface area contributed by atoms with E-state index in [0.29, 0.717) is 36.8 Å². The largest absolute Gasteiger partial charge is 0.486 e. The van der Waals surface area contributed by atoms with Crippen molar-refractivity contribution in [3.05, 3.63) is 53.6 Å². The van der Waals surface area contributed by atoms with Gasteiger partial charge in [0.15, 0.2) is 11.5 Å². The van der Waals surface area contributed by atoms with Crippen molar-refractivity contribution in [2.45, 2.75) is 66.1 Å². The monoisotopic (exact) mass is 545 g/mol. The molecule has 2 amide bonds. The lowest BCUT2D eigenvalue weighted by Crippen LogP contribution is -2.55. The highest BCUT2D eigenvalue weighted by Crippen LogP contribution is 2.35. The second-order valence-electron chi connectivity index (χ2n) is 10.4. The minimum absolute atomic E-state index is 0.163. The zero-order chi connectivity index (χ0) is 28.1. The van der Waals surface area contributed by atoms with E-state index in [4.69, 9.17) is 9.47 Å². The molecule has 2 aromatic rings. The molecule has 2 aromatic carbocycles. The maximum atomic E-state index is 13.9. The maximum Gasteiger partial charge on any atom is 0.244 e. The minimum atomic E-state index is -3.84. The van der Waals surface area contributed by atoms with Gasteiger partial charge in [0.25, 0.3) is 0 Å². The number of ether oxygens (including phenoxy) is 2. The van der Waals surface area contributed by atoms with Crippen LogP contribution < -0.4 is 19.1 Å². The molecule has 0 radical (unpaired) electrons. The molecule has 0 unspecified atom stereocenters. The van der Waals surface area contributed by atoms with Crippen molar-refractivity contribution in [3.8, 4) is 11.5 Å². The van der Waals surface area contributed by atoms with E-state index in [-0.39, 0.29) is 18.2 Å². The third-order valence-electron chi connectivity index (χ3n) is 6.15. The molecule has 1 atom stereocenters. The predicted molar refractivity (Wildman–Crippen MR) is 148 cm³/mol. The van der Waals surface area contributed by atoms with E-state index >= 15 is 0 Å². The summed E-state index contributed by atoms with van der Waals surface area (Å²) in [4.78, 5) is 28.7.